The lowest BCUT2D eigenvalue weighted by Gasteiger charge is -2.34. The smallest absolute Gasteiger partial charge is 0.220 e. The molecule has 19 heavy (non-hydrogen) atoms. The molecule has 4 heteroatoms. The average Bonchev–Trinajstić information content (AvgIpc) is 2.46. The first kappa shape index (κ1) is 13.9. The van der Waals surface area contributed by atoms with Crippen LogP contribution in [0.2, 0.25) is 0 Å². The molecule has 2 rings (SSSR count). The number of piperidine rings is 1. The molecule has 1 heterocycles. The molecular weight excluding hydrogens is 240 g/mol. The van der Waals surface area contributed by atoms with Crippen molar-refractivity contribution in [3.8, 4) is 0 Å². The van der Waals surface area contributed by atoms with E-state index in [0.29, 0.717) is 6.42 Å². The van der Waals surface area contributed by atoms with Crippen LogP contribution in [-0.2, 0) is 4.79 Å². The number of amides is 1. The molecule has 0 radical (unpaired) electrons. The summed E-state index contributed by atoms with van der Waals surface area (Å²) in [6.45, 7) is 3.61. The summed E-state index contributed by atoms with van der Waals surface area (Å²) in [6, 6.07) is 7.96. The fourth-order valence-electron chi connectivity index (χ4n) is 2.68. The van der Waals surface area contributed by atoms with E-state index in [-0.39, 0.29) is 11.8 Å². The molecule has 1 aromatic carbocycles. The number of carbonyl (C=O) groups excluding carboxylic acids is 1. The van der Waals surface area contributed by atoms with Gasteiger partial charge in [-0.25, -0.2) is 0 Å². The van der Waals surface area contributed by atoms with Gasteiger partial charge in [0, 0.05) is 30.3 Å². The number of nitrogens with two attached hydrogens (primary N) is 1. The highest BCUT2D eigenvalue weighted by atomic mass is 16.3. The standard InChI is InChI=1S/C15H22N2O2/c1-2-14(18)12-5-3-4-6-13(12)17-9-7-11(8-10-17)15(16)19/h3-6,11,14,18H,2,7-10H2,1H3,(H2,16,19). The molecule has 0 bridgehead atoms. The molecule has 1 saturated heterocycles. The van der Waals surface area contributed by atoms with E-state index in [0.717, 1.165) is 37.2 Å². The summed E-state index contributed by atoms with van der Waals surface area (Å²) < 4.78 is 0. The molecular formula is C15H22N2O2. The Morgan fingerprint density at radius 2 is 2.05 bits per heavy atom. The summed E-state index contributed by atoms with van der Waals surface area (Å²) in [7, 11) is 0. The number of rotatable bonds is 4. The number of hydrogen-bond acceptors (Lipinski definition) is 3. The number of aliphatic hydroxyl groups excluding tert-OH is 1. The zero-order chi connectivity index (χ0) is 13.8. The molecule has 1 atom stereocenters. The van der Waals surface area contributed by atoms with Crippen LogP contribution in [0.4, 0.5) is 5.69 Å². The summed E-state index contributed by atoms with van der Waals surface area (Å²) in [5.74, 6) is -0.193. The largest absolute Gasteiger partial charge is 0.388 e. The third-order valence-electron chi connectivity index (χ3n) is 3.92. The lowest BCUT2D eigenvalue weighted by molar-refractivity contribution is -0.122. The van der Waals surface area contributed by atoms with Gasteiger partial charge in [-0.3, -0.25) is 4.79 Å². The second-order valence-electron chi connectivity index (χ2n) is 5.15. The van der Waals surface area contributed by atoms with Crippen LogP contribution < -0.4 is 10.6 Å². The summed E-state index contributed by atoms with van der Waals surface area (Å²) in [5.41, 5.74) is 7.41. The monoisotopic (exact) mass is 262 g/mol. The highest BCUT2D eigenvalue weighted by Gasteiger charge is 2.25. The van der Waals surface area contributed by atoms with Gasteiger partial charge in [-0.15, -0.1) is 0 Å². The van der Waals surface area contributed by atoms with Crippen molar-refractivity contribution in [1.29, 1.82) is 0 Å². The van der Waals surface area contributed by atoms with Crippen LogP contribution in [0.5, 0.6) is 0 Å². The Labute approximate surface area is 114 Å². The molecule has 3 N–H and O–H groups in total. The van der Waals surface area contributed by atoms with E-state index in [9.17, 15) is 9.90 Å². The maximum Gasteiger partial charge on any atom is 0.220 e. The van der Waals surface area contributed by atoms with Crippen molar-refractivity contribution in [1.82, 2.24) is 0 Å². The fraction of sp³-hybridized carbons (Fsp3) is 0.533. The lowest BCUT2D eigenvalue weighted by Crippen LogP contribution is -2.39. The van der Waals surface area contributed by atoms with Gasteiger partial charge in [-0.1, -0.05) is 25.1 Å². The van der Waals surface area contributed by atoms with Gasteiger partial charge in [0.05, 0.1) is 6.10 Å². The van der Waals surface area contributed by atoms with Crippen LogP contribution in [0.1, 0.15) is 37.9 Å². The molecule has 4 nitrogen and oxygen atoms in total. The Hall–Kier alpha value is -1.55. The normalized spacial score (nSPS) is 18.3. The van der Waals surface area contributed by atoms with Crippen molar-refractivity contribution < 1.29 is 9.90 Å². The minimum Gasteiger partial charge on any atom is -0.388 e. The molecule has 104 valence electrons. The van der Waals surface area contributed by atoms with Crippen LogP contribution in [-0.4, -0.2) is 24.1 Å². The Morgan fingerprint density at radius 1 is 1.42 bits per heavy atom. The summed E-state index contributed by atoms with van der Waals surface area (Å²) in [6.07, 6.45) is 1.87. The van der Waals surface area contributed by atoms with Crippen LogP contribution in [0, 0.1) is 5.92 Å². The van der Waals surface area contributed by atoms with Gasteiger partial charge in [0.15, 0.2) is 0 Å². The first-order valence-corrected chi connectivity index (χ1v) is 6.94. The van der Waals surface area contributed by atoms with Gasteiger partial charge < -0.3 is 15.7 Å². The first-order chi connectivity index (χ1) is 9.13. The number of carbonyl (C=O) groups is 1. The van der Waals surface area contributed by atoms with Gasteiger partial charge in [-0.2, -0.15) is 0 Å². The lowest BCUT2D eigenvalue weighted by atomic mass is 9.94. The van der Waals surface area contributed by atoms with Gasteiger partial charge in [0.1, 0.15) is 0 Å². The zero-order valence-corrected chi connectivity index (χ0v) is 11.4. The Balaban J connectivity index is 2.13. The molecule has 0 aromatic heterocycles. The summed E-state index contributed by atoms with van der Waals surface area (Å²) in [4.78, 5) is 13.4. The predicted molar refractivity (Wildman–Crippen MR) is 75.8 cm³/mol. The number of anilines is 1. The Morgan fingerprint density at radius 3 is 2.63 bits per heavy atom. The third kappa shape index (κ3) is 3.07. The minimum atomic E-state index is -0.426. The number of aliphatic hydroxyl groups is 1. The number of primary amides is 1. The van der Waals surface area contributed by atoms with Gasteiger partial charge in [-0.05, 0) is 25.3 Å². The van der Waals surface area contributed by atoms with E-state index in [1.54, 1.807) is 0 Å². The van der Waals surface area contributed by atoms with Crippen molar-refractivity contribution in [3.05, 3.63) is 29.8 Å². The van der Waals surface area contributed by atoms with E-state index in [4.69, 9.17) is 5.73 Å². The zero-order valence-electron chi connectivity index (χ0n) is 11.4. The second-order valence-corrected chi connectivity index (χ2v) is 5.15. The molecule has 0 aliphatic carbocycles. The van der Waals surface area contributed by atoms with Gasteiger partial charge in [0.2, 0.25) is 5.91 Å². The number of benzene rings is 1. The number of nitrogens with zero attached hydrogens (tertiary/aromatic N) is 1. The Kier molecular flexibility index (Phi) is 4.43. The second kappa shape index (κ2) is 6.06. The van der Waals surface area contributed by atoms with E-state index in [1.165, 1.54) is 0 Å². The molecule has 1 aliphatic heterocycles. The van der Waals surface area contributed by atoms with E-state index in [1.807, 2.05) is 31.2 Å². The maximum atomic E-state index is 11.2. The Bertz CT molecular complexity index is 440. The minimum absolute atomic E-state index is 0.000453. The molecule has 0 saturated carbocycles. The van der Waals surface area contributed by atoms with Crippen molar-refractivity contribution >= 4 is 11.6 Å². The van der Waals surface area contributed by atoms with Gasteiger partial charge >= 0.3 is 0 Å². The number of para-hydroxylation sites is 1. The quantitative estimate of drug-likeness (QED) is 0.870. The van der Waals surface area contributed by atoms with Crippen molar-refractivity contribution in [2.75, 3.05) is 18.0 Å². The van der Waals surface area contributed by atoms with E-state index < -0.39 is 6.10 Å². The predicted octanol–water partition coefficient (Wildman–Crippen LogP) is 1.83. The SMILES string of the molecule is CCC(O)c1ccccc1N1CCC(C(N)=O)CC1. The fourth-order valence-corrected chi connectivity index (χ4v) is 2.68. The first-order valence-electron chi connectivity index (χ1n) is 6.94. The summed E-state index contributed by atoms with van der Waals surface area (Å²) in [5, 5.41) is 10.1. The molecule has 1 amide bonds. The van der Waals surface area contributed by atoms with Crippen molar-refractivity contribution in [2.24, 2.45) is 11.7 Å². The number of hydrogen-bond donors (Lipinski definition) is 2. The van der Waals surface area contributed by atoms with Crippen LogP contribution in [0.25, 0.3) is 0 Å². The molecule has 0 spiro atoms. The van der Waals surface area contributed by atoms with Crippen LogP contribution >= 0.6 is 0 Å². The van der Waals surface area contributed by atoms with Gasteiger partial charge in [0.25, 0.3) is 0 Å². The molecule has 1 aliphatic rings. The molecule has 1 unspecified atom stereocenters. The third-order valence-corrected chi connectivity index (χ3v) is 3.92. The van der Waals surface area contributed by atoms with Crippen molar-refractivity contribution in [3.63, 3.8) is 0 Å². The van der Waals surface area contributed by atoms with E-state index in [2.05, 4.69) is 4.90 Å². The molecule has 1 fully saturated rings. The highest BCUT2D eigenvalue weighted by molar-refractivity contribution is 5.77. The molecule has 1 aromatic rings. The van der Waals surface area contributed by atoms with E-state index >= 15 is 0 Å². The summed E-state index contributed by atoms with van der Waals surface area (Å²) >= 11 is 0. The average molecular weight is 262 g/mol. The van der Waals surface area contributed by atoms with Crippen LogP contribution in [0.15, 0.2) is 24.3 Å². The topological polar surface area (TPSA) is 66.6 Å². The maximum absolute atomic E-state index is 11.2. The highest BCUT2D eigenvalue weighted by Crippen LogP contribution is 2.31. The van der Waals surface area contributed by atoms with Crippen LogP contribution in [0.3, 0.4) is 0 Å². The van der Waals surface area contributed by atoms with Crippen molar-refractivity contribution in [2.45, 2.75) is 32.3 Å².